The second-order valence-electron chi connectivity index (χ2n) is 6.68. The zero-order valence-electron chi connectivity index (χ0n) is 15.6. The van der Waals surface area contributed by atoms with E-state index in [1.165, 1.54) is 0 Å². The zero-order valence-corrected chi connectivity index (χ0v) is 15.6. The molecule has 138 valence electrons. The van der Waals surface area contributed by atoms with Crippen LogP contribution in [0, 0.1) is 0 Å². The molecule has 2 rings (SSSR count). The van der Waals surface area contributed by atoms with E-state index >= 15 is 0 Å². The summed E-state index contributed by atoms with van der Waals surface area (Å²) in [5.74, 6) is 0.958. The third-order valence-corrected chi connectivity index (χ3v) is 4.95. The molecule has 1 heterocycles. The molecule has 0 spiro atoms. The van der Waals surface area contributed by atoms with E-state index in [1.54, 1.807) is 14.0 Å². The minimum atomic E-state index is 0.0190. The largest absolute Gasteiger partial charge is 0.496 e. The molecule has 1 aromatic carbocycles. The topological polar surface area (TPSA) is 61.9 Å². The third kappa shape index (κ3) is 5.19. The standard InChI is InChI=1S/C19H29N3O3/c1-14(17-7-5-6-8-18(17)25-4)21(3)13-19(24)20-16-9-11-22(12-10-16)15(2)23/h5-8,14,16H,9-13H2,1-4H3,(H,20,24)/t14-/m1/s1. The number of nitrogens with zero attached hydrogens (tertiary/aromatic N) is 2. The van der Waals surface area contributed by atoms with Gasteiger partial charge in [0, 0.05) is 37.7 Å². The number of hydrogen-bond acceptors (Lipinski definition) is 4. The number of hydrogen-bond donors (Lipinski definition) is 1. The van der Waals surface area contributed by atoms with Gasteiger partial charge in [0.15, 0.2) is 0 Å². The van der Waals surface area contributed by atoms with Crippen molar-refractivity contribution in [3.8, 4) is 5.75 Å². The lowest BCUT2D eigenvalue weighted by atomic mass is 10.0. The average Bonchev–Trinajstić information content (AvgIpc) is 2.61. The molecular weight excluding hydrogens is 318 g/mol. The molecule has 0 unspecified atom stereocenters. The molecule has 0 aromatic heterocycles. The fourth-order valence-corrected chi connectivity index (χ4v) is 3.22. The first kappa shape index (κ1) is 19.2. The lowest BCUT2D eigenvalue weighted by molar-refractivity contribution is -0.130. The molecule has 0 saturated carbocycles. The maximum absolute atomic E-state index is 12.4. The number of rotatable bonds is 6. The van der Waals surface area contributed by atoms with Crippen molar-refractivity contribution in [2.75, 3.05) is 33.8 Å². The van der Waals surface area contributed by atoms with Crippen LogP contribution < -0.4 is 10.1 Å². The fraction of sp³-hybridized carbons (Fsp3) is 0.579. The van der Waals surface area contributed by atoms with Crippen LogP contribution in [0.3, 0.4) is 0 Å². The van der Waals surface area contributed by atoms with Crippen molar-refractivity contribution in [1.82, 2.24) is 15.1 Å². The number of likely N-dealkylation sites (N-methyl/N-ethyl adjacent to an activating group) is 1. The van der Waals surface area contributed by atoms with Gasteiger partial charge in [-0.2, -0.15) is 0 Å². The zero-order chi connectivity index (χ0) is 18.4. The smallest absolute Gasteiger partial charge is 0.234 e. The van der Waals surface area contributed by atoms with Crippen LogP contribution in [0.2, 0.25) is 0 Å². The molecule has 0 aliphatic carbocycles. The highest BCUT2D eigenvalue weighted by atomic mass is 16.5. The van der Waals surface area contributed by atoms with Gasteiger partial charge in [-0.25, -0.2) is 0 Å². The van der Waals surface area contributed by atoms with Crippen LogP contribution in [0.5, 0.6) is 5.75 Å². The monoisotopic (exact) mass is 347 g/mol. The predicted octanol–water partition coefficient (Wildman–Crippen LogP) is 1.82. The summed E-state index contributed by atoms with van der Waals surface area (Å²) in [5, 5.41) is 3.09. The summed E-state index contributed by atoms with van der Waals surface area (Å²) in [7, 11) is 3.60. The number of piperidine rings is 1. The summed E-state index contributed by atoms with van der Waals surface area (Å²) in [6.07, 6.45) is 1.63. The van der Waals surface area contributed by atoms with Gasteiger partial charge >= 0.3 is 0 Å². The van der Waals surface area contributed by atoms with Gasteiger partial charge in [-0.15, -0.1) is 0 Å². The highest BCUT2D eigenvalue weighted by Crippen LogP contribution is 2.27. The lowest BCUT2D eigenvalue weighted by Crippen LogP contribution is -2.48. The maximum atomic E-state index is 12.4. The molecule has 6 heteroatoms. The number of methoxy groups -OCH3 is 1. The van der Waals surface area contributed by atoms with Gasteiger partial charge in [-0.3, -0.25) is 14.5 Å². The van der Waals surface area contributed by atoms with Gasteiger partial charge in [0.2, 0.25) is 11.8 Å². The van der Waals surface area contributed by atoms with Gasteiger partial charge in [0.25, 0.3) is 0 Å². The first-order valence-corrected chi connectivity index (χ1v) is 8.80. The van der Waals surface area contributed by atoms with Gasteiger partial charge in [-0.05, 0) is 32.9 Å². The van der Waals surface area contributed by atoms with Crippen molar-refractivity contribution in [2.24, 2.45) is 0 Å². The molecule has 1 aliphatic rings. The Kier molecular flexibility index (Phi) is 6.82. The van der Waals surface area contributed by atoms with E-state index in [4.69, 9.17) is 4.74 Å². The number of nitrogens with one attached hydrogen (secondary N) is 1. The number of carbonyl (C=O) groups is 2. The Hall–Kier alpha value is -2.08. The molecule has 1 aromatic rings. The summed E-state index contributed by atoms with van der Waals surface area (Å²) in [5.41, 5.74) is 1.06. The minimum absolute atomic E-state index is 0.0190. The van der Waals surface area contributed by atoms with E-state index in [0.717, 1.165) is 24.2 Å². The van der Waals surface area contributed by atoms with Crippen molar-refractivity contribution in [2.45, 2.75) is 38.8 Å². The SMILES string of the molecule is COc1ccccc1[C@@H](C)N(C)CC(=O)NC1CCN(C(C)=O)CC1. The molecule has 6 nitrogen and oxygen atoms in total. The van der Waals surface area contributed by atoms with Crippen molar-refractivity contribution in [3.05, 3.63) is 29.8 Å². The Morgan fingerprint density at radius 1 is 1.32 bits per heavy atom. The first-order valence-electron chi connectivity index (χ1n) is 8.80. The first-order chi connectivity index (χ1) is 11.9. The van der Waals surface area contributed by atoms with Crippen LogP contribution in [-0.4, -0.2) is 61.4 Å². The molecule has 1 atom stereocenters. The third-order valence-electron chi connectivity index (χ3n) is 4.95. The van der Waals surface area contributed by atoms with Crippen molar-refractivity contribution in [1.29, 1.82) is 0 Å². The van der Waals surface area contributed by atoms with E-state index in [9.17, 15) is 9.59 Å². The molecule has 25 heavy (non-hydrogen) atoms. The Balaban J connectivity index is 1.85. The molecule has 1 aliphatic heterocycles. The fourth-order valence-electron chi connectivity index (χ4n) is 3.22. The Morgan fingerprint density at radius 3 is 2.56 bits per heavy atom. The van der Waals surface area contributed by atoms with Crippen molar-refractivity contribution in [3.63, 3.8) is 0 Å². The van der Waals surface area contributed by atoms with Crippen LogP contribution in [0.15, 0.2) is 24.3 Å². The summed E-state index contributed by atoms with van der Waals surface area (Å²) < 4.78 is 5.41. The van der Waals surface area contributed by atoms with Crippen LogP contribution in [0.4, 0.5) is 0 Å². The lowest BCUT2D eigenvalue weighted by Gasteiger charge is -2.32. The molecule has 1 saturated heterocycles. The van der Waals surface area contributed by atoms with Gasteiger partial charge in [-0.1, -0.05) is 18.2 Å². The summed E-state index contributed by atoms with van der Waals surface area (Å²) in [6, 6.07) is 8.09. The Bertz CT molecular complexity index is 597. The molecule has 1 N–H and O–H groups in total. The molecule has 2 amide bonds. The molecular formula is C19H29N3O3. The summed E-state index contributed by atoms with van der Waals surface area (Å²) in [4.78, 5) is 27.6. The van der Waals surface area contributed by atoms with Crippen molar-refractivity contribution < 1.29 is 14.3 Å². The van der Waals surface area contributed by atoms with Crippen LogP contribution in [0.1, 0.15) is 38.3 Å². The van der Waals surface area contributed by atoms with E-state index in [2.05, 4.69) is 12.2 Å². The van der Waals surface area contributed by atoms with Gasteiger partial charge < -0.3 is 15.0 Å². The number of para-hydroxylation sites is 1. The number of benzene rings is 1. The Labute approximate surface area is 150 Å². The second kappa shape index (κ2) is 8.85. The highest BCUT2D eigenvalue weighted by molar-refractivity contribution is 5.78. The van der Waals surface area contributed by atoms with E-state index in [0.29, 0.717) is 19.6 Å². The van der Waals surface area contributed by atoms with E-state index < -0.39 is 0 Å². The predicted molar refractivity (Wildman–Crippen MR) is 97.5 cm³/mol. The van der Waals surface area contributed by atoms with Crippen LogP contribution in [-0.2, 0) is 9.59 Å². The number of ether oxygens (including phenoxy) is 1. The normalized spacial score (nSPS) is 16.6. The van der Waals surface area contributed by atoms with Crippen molar-refractivity contribution >= 4 is 11.8 Å². The van der Waals surface area contributed by atoms with E-state index in [-0.39, 0.29) is 23.9 Å². The Morgan fingerprint density at radius 2 is 1.96 bits per heavy atom. The van der Waals surface area contributed by atoms with E-state index in [1.807, 2.05) is 41.1 Å². The molecule has 0 bridgehead atoms. The minimum Gasteiger partial charge on any atom is -0.496 e. The number of carbonyl (C=O) groups excluding carboxylic acids is 2. The maximum Gasteiger partial charge on any atom is 0.234 e. The highest BCUT2D eigenvalue weighted by Gasteiger charge is 2.23. The number of likely N-dealkylation sites (tertiary alicyclic amines) is 1. The molecule has 0 radical (unpaired) electrons. The van der Waals surface area contributed by atoms with Crippen LogP contribution >= 0.6 is 0 Å². The van der Waals surface area contributed by atoms with Gasteiger partial charge in [0.1, 0.15) is 5.75 Å². The number of amides is 2. The second-order valence-corrected chi connectivity index (χ2v) is 6.68. The van der Waals surface area contributed by atoms with Gasteiger partial charge in [0.05, 0.1) is 13.7 Å². The molecule has 1 fully saturated rings. The summed E-state index contributed by atoms with van der Waals surface area (Å²) in [6.45, 7) is 5.41. The van der Waals surface area contributed by atoms with Crippen LogP contribution in [0.25, 0.3) is 0 Å². The summed E-state index contributed by atoms with van der Waals surface area (Å²) >= 11 is 0. The average molecular weight is 347 g/mol. The quantitative estimate of drug-likeness (QED) is 0.853.